The van der Waals surface area contributed by atoms with Gasteiger partial charge in [-0.2, -0.15) is 0 Å². The van der Waals surface area contributed by atoms with Crippen LogP contribution in [0.2, 0.25) is 0 Å². The number of alkyl halides is 2. The first-order chi connectivity index (χ1) is 12.6. The first-order valence-corrected chi connectivity index (χ1v) is 8.12. The van der Waals surface area contributed by atoms with Gasteiger partial charge in [0.2, 0.25) is 11.8 Å². The van der Waals surface area contributed by atoms with E-state index in [1.54, 1.807) is 19.1 Å². The molecular formula is C18H20F2N4O3. The molecular weight excluding hydrogens is 358 g/mol. The fourth-order valence-electron chi connectivity index (χ4n) is 2.13. The van der Waals surface area contributed by atoms with Crippen LogP contribution in [-0.2, 0) is 11.3 Å². The molecule has 2 rings (SSSR count). The van der Waals surface area contributed by atoms with Gasteiger partial charge in [-0.05, 0) is 24.6 Å². The zero-order valence-electron chi connectivity index (χ0n) is 15.2. The number of anilines is 1. The van der Waals surface area contributed by atoms with Crippen LogP contribution in [0.4, 0.5) is 14.6 Å². The number of aryl methyl sites for hydroxylation is 1. The summed E-state index contributed by atoms with van der Waals surface area (Å²) in [6.45, 7) is 3.26. The highest BCUT2D eigenvalue weighted by Gasteiger charge is 2.22. The van der Waals surface area contributed by atoms with E-state index in [4.69, 9.17) is 4.74 Å². The molecule has 0 aliphatic carbocycles. The molecule has 144 valence electrons. The number of hydrogen-bond acceptors (Lipinski definition) is 5. The number of aromatic nitrogens is 2. The highest BCUT2D eigenvalue weighted by molar-refractivity contribution is 5.96. The van der Waals surface area contributed by atoms with Crippen LogP contribution in [0.25, 0.3) is 0 Å². The minimum atomic E-state index is -2.94. The van der Waals surface area contributed by atoms with Crippen LogP contribution >= 0.6 is 0 Å². The minimum Gasteiger partial charge on any atom is -0.471 e. The molecule has 2 amide bonds. The number of nitrogens with one attached hydrogen (secondary N) is 2. The lowest BCUT2D eigenvalue weighted by atomic mass is 10.2. The maximum absolute atomic E-state index is 12.8. The highest BCUT2D eigenvalue weighted by Crippen LogP contribution is 2.15. The number of amides is 2. The molecule has 0 unspecified atom stereocenters. The Morgan fingerprint density at radius 3 is 2.59 bits per heavy atom. The quantitative estimate of drug-likeness (QED) is 0.773. The predicted molar refractivity (Wildman–Crippen MR) is 94.8 cm³/mol. The zero-order valence-corrected chi connectivity index (χ0v) is 15.2. The normalized spacial score (nSPS) is 11.0. The average Bonchev–Trinajstić information content (AvgIpc) is 2.57. The van der Waals surface area contributed by atoms with E-state index in [1.165, 1.54) is 25.3 Å². The van der Waals surface area contributed by atoms with Gasteiger partial charge in [0.15, 0.2) is 6.61 Å². The first-order valence-electron chi connectivity index (χ1n) is 8.12. The molecule has 0 aromatic carbocycles. The Labute approximate surface area is 155 Å². The third kappa shape index (κ3) is 6.96. The van der Waals surface area contributed by atoms with E-state index in [-0.39, 0.29) is 24.2 Å². The summed E-state index contributed by atoms with van der Waals surface area (Å²) >= 11 is 0. The van der Waals surface area contributed by atoms with E-state index >= 15 is 0 Å². The molecule has 2 aromatic rings. The fraction of sp³-hybridized carbons (Fsp3) is 0.333. The molecule has 7 nitrogen and oxygen atoms in total. The third-order valence-electron chi connectivity index (χ3n) is 3.24. The van der Waals surface area contributed by atoms with Gasteiger partial charge in [-0.15, -0.1) is 0 Å². The van der Waals surface area contributed by atoms with E-state index < -0.39 is 12.5 Å². The van der Waals surface area contributed by atoms with Crippen molar-refractivity contribution in [1.82, 2.24) is 15.3 Å². The second-order valence-electron chi connectivity index (χ2n) is 6.11. The number of pyridine rings is 2. The van der Waals surface area contributed by atoms with Crippen molar-refractivity contribution in [2.45, 2.75) is 33.2 Å². The Bertz CT molecular complexity index is 820. The summed E-state index contributed by atoms with van der Waals surface area (Å²) < 4.78 is 30.4. The summed E-state index contributed by atoms with van der Waals surface area (Å²) in [7, 11) is 0. The van der Waals surface area contributed by atoms with Gasteiger partial charge in [-0.1, -0.05) is 6.07 Å². The fourth-order valence-corrected chi connectivity index (χ4v) is 2.13. The van der Waals surface area contributed by atoms with Gasteiger partial charge in [-0.25, -0.2) is 18.7 Å². The number of halogens is 2. The Morgan fingerprint density at radius 1 is 1.26 bits per heavy atom. The molecule has 2 heterocycles. The molecule has 0 atom stereocenters. The summed E-state index contributed by atoms with van der Waals surface area (Å²) in [6.07, 6.45) is 1.43. The van der Waals surface area contributed by atoms with Gasteiger partial charge in [-0.3, -0.25) is 9.59 Å². The van der Waals surface area contributed by atoms with Crippen molar-refractivity contribution >= 4 is 17.6 Å². The maximum atomic E-state index is 12.8. The van der Waals surface area contributed by atoms with Crippen LogP contribution in [0.5, 0.6) is 5.88 Å². The number of carbonyl (C=O) groups excluding carboxylic acids is 2. The maximum Gasteiger partial charge on any atom is 0.278 e. The lowest BCUT2D eigenvalue weighted by molar-refractivity contribution is -0.114. The molecule has 0 radical (unpaired) electrons. The van der Waals surface area contributed by atoms with Crippen molar-refractivity contribution < 1.29 is 23.1 Å². The third-order valence-corrected chi connectivity index (χ3v) is 3.24. The van der Waals surface area contributed by atoms with Crippen LogP contribution in [-0.4, -0.2) is 34.3 Å². The molecule has 2 aromatic heterocycles. The first kappa shape index (κ1) is 20.2. The molecule has 2 N–H and O–H groups in total. The van der Waals surface area contributed by atoms with E-state index in [0.717, 1.165) is 6.92 Å². The van der Waals surface area contributed by atoms with Gasteiger partial charge in [0.05, 0.1) is 0 Å². The molecule has 0 aliphatic rings. The average molecular weight is 378 g/mol. The van der Waals surface area contributed by atoms with E-state index in [1.807, 2.05) is 0 Å². The summed E-state index contributed by atoms with van der Waals surface area (Å²) in [4.78, 5) is 31.5. The Morgan fingerprint density at radius 2 is 2.00 bits per heavy atom. The molecule has 0 aliphatic heterocycles. The number of rotatable bonds is 7. The van der Waals surface area contributed by atoms with Gasteiger partial charge in [0.25, 0.3) is 11.8 Å². The summed E-state index contributed by atoms with van der Waals surface area (Å²) in [5.74, 6) is -3.20. The van der Waals surface area contributed by atoms with Crippen molar-refractivity contribution in [3.05, 3.63) is 47.3 Å². The monoisotopic (exact) mass is 378 g/mol. The van der Waals surface area contributed by atoms with Crippen molar-refractivity contribution in [1.29, 1.82) is 0 Å². The Balaban J connectivity index is 1.95. The smallest absolute Gasteiger partial charge is 0.278 e. The highest BCUT2D eigenvalue weighted by atomic mass is 19.3. The molecule has 0 saturated carbocycles. The van der Waals surface area contributed by atoms with Crippen LogP contribution in [0.1, 0.15) is 35.5 Å². The molecule has 0 bridgehead atoms. The van der Waals surface area contributed by atoms with Crippen molar-refractivity contribution in [2.24, 2.45) is 0 Å². The number of nitrogens with zero attached hydrogens (tertiary/aromatic N) is 2. The lowest BCUT2D eigenvalue weighted by Crippen LogP contribution is -2.23. The Kier molecular flexibility index (Phi) is 6.38. The zero-order chi connectivity index (χ0) is 20.0. The molecule has 9 heteroatoms. The van der Waals surface area contributed by atoms with E-state index in [2.05, 4.69) is 20.6 Å². The summed E-state index contributed by atoms with van der Waals surface area (Å²) in [6, 6.07) is 6.15. The topological polar surface area (TPSA) is 93.2 Å². The van der Waals surface area contributed by atoms with Crippen LogP contribution in [0.3, 0.4) is 0 Å². The number of carbonyl (C=O) groups is 2. The van der Waals surface area contributed by atoms with Crippen molar-refractivity contribution in [2.75, 3.05) is 11.9 Å². The van der Waals surface area contributed by atoms with E-state index in [0.29, 0.717) is 22.6 Å². The van der Waals surface area contributed by atoms with Crippen LogP contribution < -0.4 is 15.4 Å². The van der Waals surface area contributed by atoms with Gasteiger partial charge >= 0.3 is 0 Å². The van der Waals surface area contributed by atoms with Crippen LogP contribution in [0, 0.1) is 6.92 Å². The summed E-state index contributed by atoms with van der Waals surface area (Å²) in [5, 5.41) is 5.25. The summed E-state index contributed by atoms with van der Waals surface area (Å²) in [5.41, 5.74) is 1.61. The second kappa shape index (κ2) is 8.52. The van der Waals surface area contributed by atoms with Crippen molar-refractivity contribution in [3.63, 3.8) is 0 Å². The van der Waals surface area contributed by atoms with Gasteiger partial charge < -0.3 is 15.4 Å². The standard InChI is InChI=1S/C18H20F2N4O3/c1-11-6-14(7-15(23-11)24-12(2)25)17(26)22-9-13-4-5-16(21-8-13)27-10-18(3,19)20/h4-8H,9-10H2,1-3H3,(H,22,26)(H,23,24,25). The lowest BCUT2D eigenvalue weighted by Gasteiger charge is -2.11. The Hall–Kier alpha value is -3.10. The largest absolute Gasteiger partial charge is 0.471 e. The SMILES string of the molecule is CC(=O)Nc1cc(C(=O)NCc2ccc(OCC(C)(F)F)nc2)cc(C)n1. The second-order valence-corrected chi connectivity index (χ2v) is 6.11. The number of ether oxygens (including phenoxy) is 1. The predicted octanol–water partition coefficient (Wildman–Crippen LogP) is 2.71. The minimum absolute atomic E-state index is 0.0799. The molecule has 27 heavy (non-hydrogen) atoms. The molecule has 0 saturated heterocycles. The molecule has 0 fully saturated rings. The number of hydrogen-bond donors (Lipinski definition) is 2. The van der Waals surface area contributed by atoms with Gasteiger partial charge in [0.1, 0.15) is 5.82 Å². The van der Waals surface area contributed by atoms with Crippen LogP contribution in [0.15, 0.2) is 30.5 Å². The molecule has 0 spiro atoms. The van der Waals surface area contributed by atoms with Crippen molar-refractivity contribution in [3.8, 4) is 5.88 Å². The van der Waals surface area contributed by atoms with Gasteiger partial charge in [0, 0.05) is 43.9 Å². The van der Waals surface area contributed by atoms with E-state index in [9.17, 15) is 18.4 Å².